The van der Waals surface area contributed by atoms with E-state index in [1.165, 1.54) is 385 Å². The minimum absolute atomic E-state index is 0.0244. The molecule has 0 spiro atoms. The molecule has 0 aromatic heterocycles. The van der Waals surface area contributed by atoms with Crippen molar-refractivity contribution in [2.75, 3.05) is 13.2 Å². The summed E-state index contributed by atoms with van der Waals surface area (Å²) in [5, 5.41) is 23.4. The van der Waals surface area contributed by atoms with E-state index in [4.69, 9.17) is 4.74 Å². The average molecular weight is 1170 g/mol. The van der Waals surface area contributed by atoms with Crippen LogP contribution in [0.1, 0.15) is 457 Å². The first-order valence-electron chi connectivity index (χ1n) is 38.8. The van der Waals surface area contributed by atoms with Gasteiger partial charge in [-0.05, 0) is 25.7 Å². The number of carbonyl (C=O) groups is 2. The monoisotopic (exact) mass is 1170 g/mol. The lowest BCUT2D eigenvalue weighted by Gasteiger charge is -2.22. The highest BCUT2D eigenvalue weighted by molar-refractivity contribution is 5.76. The molecular weight excluding hydrogens is 1020 g/mol. The van der Waals surface area contributed by atoms with Gasteiger partial charge in [0.05, 0.1) is 25.4 Å². The molecule has 6 heteroatoms. The van der Waals surface area contributed by atoms with Crippen molar-refractivity contribution in [3.8, 4) is 0 Å². The SMILES string of the molecule is CCCCCCCCCCCCCCCCCCCCC(O)C(CO)NC(=O)CCCCCCCCCCCCCCCCCCCCCCCCCCCCCCCCCCCCCOC(=O)CCCCCCCCCCCCCCC. The van der Waals surface area contributed by atoms with Crippen LogP contribution in [0.4, 0.5) is 0 Å². The molecule has 0 aromatic carbocycles. The molecule has 0 aromatic rings. The molecule has 0 aliphatic heterocycles. The Morgan fingerprint density at radius 3 is 0.735 bits per heavy atom. The van der Waals surface area contributed by atoms with Crippen molar-refractivity contribution < 1.29 is 24.5 Å². The minimum Gasteiger partial charge on any atom is -0.466 e. The Kier molecular flexibility index (Phi) is 72.3. The molecule has 0 rings (SSSR count). The summed E-state index contributed by atoms with van der Waals surface area (Å²) in [7, 11) is 0. The third-order valence-electron chi connectivity index (χ3n) is 18.7. The summed E-state index contributed by atoms with van der Waals surface area (Å²) < 4.78 is 5.50. The van der Waals surface area contributed by atoms with Crippen LogP contribution in [0.2, 0.25) is 0 Å². The summed E-state index contributed by atoms with van der Waals surface area (Å²) in [4.78, 5) is 24.6. The van der Waals surface area contributed by atoms with Gasteiger partial charge in [-0.25, -0.2) is 0 Å². The van der Waals surface area contributed by atoms with E-state index in [1.54, 1.807) is 0 Å². The fraction of sp³-hybridized carbons (Fsp3) is 0.974. The highest BCUT2D eigenvalue weighted by atomic mass is 16.5. The molecule has 0 radical (unpaired) electrons. The molecule has 0 fully saturated rings. The Morgan fingerprint density at radius 1 is 0.289 bits per heavy atom. The van der Waals surface area contributed by atoms with Crippen molar-refractivity contribution in [3.05, 3.63) is 0 Å². The van der Waals surface area contributed by atoms with Crippen molar-refractivity contribution in [3.63, 3.8) is 0 Å². The lowest BCUT2D eigenvalue weighted by molar-refractivity contribution is -0.143. The maximum atomic E-state index is 12.5. The highest BCUT2D eigenvalue weighted by Gasteiger charge is 2.20. The number of hydrogen-bond donors (Lipinski definition) is 3. The lowest BCUT2D eigenvalue weighted by Crippen LogP contribution is -2.45. The number of hydrogen-bond acceptors (Lipinski definition) is 5. The second-order valence-corrected chi connectivity index (χ2v) is 27.1. The van der Waals surface area contributed by atoms with Gasteiger partial charge >= 0.3 is 5.97 Å². The average Bonchev–Trinajstić information content (AvgIpc) is 3.49. The molecule has 0 aliphatic carbocycles. The van der Waals surface area contributed by atoms with Gasteiger partial charge in [-0.3, -0.25) is 9.59 Å². The standard InChI is InChI=1S/C77H153NO5/c1-3-5-7-9-11-13-15-17-18-19-39-42-46-49-53-57-61-65-69-75(80)74(73-79)78-76(81)70-66-62-58-54-50-47-43-40-37-35-33-31-29-27-25-23-21-20-22-24-26-28-30-32-34-36-38-41-44-48-52-56-60-64-68-72-83-77(82)71-67-63-59-55-51-45-16-14-12-10-8-6-4-2/h74-75,79-80H,3-73H2,1-2H3,(H,78,81). The van der Waals surface area contributed by atoms with Gasteiger partial charge in [0.15, 0.2) is 0 Å². The van der Waals surface area contributed by atoms with Gasteiger partial charge in [-0.2, -0.15) is 0 Å². The van der Waals surface area contributed by atoms with Crippen LogP contribution in [0.5, 0.6) is 0 Å². The molecule has 2 atom stereocenters. The number of aliphatic hydroxyl groups is 2. The van der Waals surface area contributed by atoms with E-state index in [-0.39, 0.29) is 18.5 Å². The largest absolute Gasteiger partial charge is 0.466 e. The van der Waals surface area contributed by atoms with Crippen LogP contribution in [0.15, 0.2) is 0 Å². The van der Waals surface area contributed by atoms with Crippen molar-refractivity contribution in [2.45, 2.75) is 469 Å². The van der Waals surface area contributed by atoms with Gasteiger partial charge in [-0.1, -0.05) is 418 Å². The van der Waals surface area contributed by atoms with Gasteiger partial charge in [0.1, 0.15) is 0 Å². The number of amides is 1. The van der Waals surface area contributed by atoms with E-state index in [0.717, 1.165) is 38.5 Å². The van der Waals surface area contributed by atoms with Gasteiger partial charge < -0.3 is 20.3 Å². The molecule has 6 nitrogen and oxygen atoms in total. The van der Waals surface area contributed by atoms with E-state index >= 15 is 0 Å². The number of unbranched alkanes of at least 4 members (excludes halogenated alkanes) is 63. The molecule has 0 heterocycles. The summed E-state index contributed by atoms with van der Waals surface area (Å²) in [5.74, 6) is 0.00100. The van der Waals surface area contributed by atoms with Gasteiger partial charge in [0, 0.05) is 12.8 Å². The predicted molar refractivity (Wildman–Crippen MR) is 366 cm³/mol. The van der Waals surface area contributed by atoms with Crippen LogP contribution >= 0.6 is 0 Å². The van der Waals surface area contributed by atoms with E-state index in [9.17, 15) is 19.8 Å². The summed E-state index contributed by atoms with van der Waals surface area (Å²) in [6.07, 6.45) is 90.5. The zero-order chi connectivity index (χ0) is 59.9. The van der Waals surface area contributed by atoms with E-state index in [0.29, 0.717) is 25.9 Å². The maximum absolute atomic E-state index is 12.5. The van der Waals surface area contributed by atoms with Gasteiger partial charge in [-0.15, -0.1) is 0 Å². The molecule has 2 unspecified atom stereocenters. The number of carbonyl (C=O) groups excluding carboxylic acids is 2. The molecule has 3 N–H and O–H groups in total. The fourth-order valence-corrected chi connectivity index (χ4v) is 12.8. The van der Waals surface area contributed by atoms with Crippen molar-refractivity contribution in [2.24, 2.45) is 0 Å². The fourth-order valence-electron chi connectivity index (χ4n) is 12.8. The third kappa shape index (κ3) is 69.8. The van der Waals surface area contributed by atoms with E-state index in [1.807, 2.05) is 0 Å². The third-order valence-corrected chi connectivity index (χ3v) is 18.7. The van der Waals surface area contributed by atoms with E-state index < -0.39 is 12.1 Å². The molecule has 1 amide bonds. The van der Waals surface area contributed by atoms with Gasteiger partial charge in [0.2, 0.25) is 5.91 Å². The Balaban J connectivity index is 3.30. The number of esters is 1. The lowest BCUT2D eigenvalue weighted by atomic mass is 10.0. The molecular formula is C77H153NO5. The van der Waals surface area contributed by atoms with Crippen molar-refractivity contribution in [1.82, 2.24) is 5.32 Å². The molecule has 0 aliphatic rings. The number of ether oxygens (including phenoxy) is 1. The summed E-state index contributed by atoms with van der Waals surface area (Å²) in [6, 6.07) is -0.537. The Morgan fingerprint density at radius 2 is 0.494 bits per heavy atom. The second-order valence-electron chi connectivity index (χ2n) is 27.1. The maximum Gasteiger partial charge on any atom is 0.305 e. The summed E-state index contributed by atoms with van der Waals surface area (Å²) in [5.41, 5.74) is 0. The first-order chi connectivity index (χ1) is 41.0. The first-order valence-corrected chi connectivity index (χ1v) is 38.8. The van der Waals surface area contributed by atoms with Crippen LogP contribution in [-0.4, -0.2) is 47.4 Å². The molecule has 83 heavy (non-hydrogen) atoms. The van der Waals surface area contributed by atoms with Crippen LogP contribution in [0.3, 0.4) is 0 Å². The van der Waals surface area contributed by atoms with Crippen LogP contribution in [0, 0.1) is 0 Å². The number of rotatable bonds is 74. The zero-order valence-corrected chi connectivity index (χ0v) is 57.0. The Hall–Kier alpha value is -1.14. The van der Waals surface area contributed by atoms with Crippen molar-refractivity contribution >= 4 is 11.9 Å². The summed E-state index contributed by atoms with van der Waals surface area (Å²) >= 11 is 0. The Bertz CT molecular complexity index is 1210. The molecule has 0 saturated heterocycles. The number of aliphatic hydroxyl groups excluding tert-OH is 2. The smallest absolute Gasteiger partial charge is 0.305 e. The van der Waals surface area contributed by atoms with E-state index in [2.05, 4.69) is 19.2 Å². The minimum atomic E-state index is -0.660. The topological polar surface area (TPSA) is 95.9 Å². The molecule has 496 valence electrons. The highest BCUT2D eigenvalue weighted by Crippen LogP contribution is 2.20. The Labute approximate surface area is 521 Å². The van der Waals surface area contributed by atoms with Crippen molar-refractivity contribution in [1.29, 1.82) is 0 Å². The zero-order valence-electron chi connectivity index (χ0n) is 57.0. The first kappa shape index (κ1) is 81.9. The van der Waals surface area contributed by atoms with Crippen LogP contribution in [-0.2, 0) is 14.3 Å². The molecule has 0 bridgehead atoms. The quantitative estimate of drug-likeness (QED) is 0.0417. The number of nitrogens with one attached hydrogen (secondary N) is 1. The predicted octanol–water partition coefficient (Wildman–Crippen LogP) is 25.3. The molecule has 0 saturated carbocycles. The van der Waals surface area contributed by atoms with Crippen LogP contribution in [0.25, 0.3) is 0 Å². The summed E-state index contributed by atoms with van der Waals surface area (Å²) in [6.45, 7) is 5.01. The van der Waals surface area contributed by atoms with Crippen LogP contribution < -0.4 is 5.32 Å². The normalized spacial score (nSPS) is 12.4. The van der Waals surface area contributed by atoms with Gasteiger partial charge in [0.25, 0.3) is 0 Å². The second kappa shape index (κ2) is 73.3.